The van der Waals surface area contributed by atoms with E-state index in [9.17, 15) is 4.79 Å². The molecule has 0 aliphatic carbocycles. The smallest absolute Gasteiger partial charge is 0.268 e. The molecule has 0 bridgehead atoms. The predicted octanol–water partition coefficient (Wildman–Crippen LogP) is 3.86. The highest BCUT2D eigenvalue weighted by molar-refractivity contribution is 14.1. The van der Waals surface area contributed by atoms with E-state index in [4.69, 9.17) is 11.6 Å². The Morgan fingerprint density at radius 1 is 1.29 bits per heavy atom. The van der Waals surface area contributed by atoms with Crippen molar-refractivity contribution < 1.29 is 0 Å². The summed E-state index contributed by atoms with van der Waals surface area (Å²) in [5.41, 5.74) is -0.0286. The molecule has 0 unspecified atom stereocenters. The largest absolute Gasteiger partial charge is 0.298 e. The lowest BCUT2D eigenvalue weighted by molar-refractivity contribution is 0.544. The highest BCUT2D eigenvalue weighted by Gasteiger charge is 2.05. The Morgan fingerprint density at radius 2 is 1.94 bits per heavy atom. The van der Waals surface area contributed by atoms with Crippen LogP contribution in [0.2, 0.25) is 5.15 Å². The number of unbranched alkanes of at least 4 members (excludes halogenated alkanes) is 5. The van der Waals surface area contributed by atoms with Gasteiger partial charge in [0.05, 0.1) is 6.33 Å². The summed E-state index contributed by atoms with van der Waals surface area (Å²) in [4.78, 5) is 15.8. The summed E-state index contributed by atoms with van der Waals surface area (Å²) in [5.74, 6) is 0. The SMILES string of the molecule is CCCCCCCCn1cnc(Cl)c(I)c1=O. The highest BCUT2D eigenvalue weighted by atomic mass is 127. The van der Waals surface area contributed by atoms with Crippen molar-refractivity contribution in [2.75, 3.05) is 0 Å². The molecular weight excluding hydrogens is 351 g/mol. The van der Waals surface area contributed by atoms with Gasteiger partial charge in [-0.1, -0.05) is 50.6 Å². The predicted molar refractivity (Wildman–Crippen MR) is 79.6 cm³/mol. The summed E-state index contributed by atoms with van der Waals surface area (Å²) in [6.07, 6.45) is 8.86. The number of nitrogens with zero attached hydrogens (tertiary/aromatic N) is 2. The molecule has 0 aliphatic heterocycles. The zero-order valence-corrected chi connectivity index (χ0v) is 13.0. The number of hydrogen-bond acceptors (Lipinski definition) is 2. The van der Waals surface area contributed by atoms with Crippen molar-refractivity contribution in [1.29, 1.82) is 0 Å². The molecule has 1 aromatic heterocycles. The number of rotatable bonds is 7. The van der Waals surface area contributed by atoms with E-state index in [2.05, 4.69) is 11.9 Å². The van der Waals surface area contributed by atoms with Gasteiger partial charge in [-0.05, 0) is 29.0 Å². The van der Waals surface area contributed by atoms with Crippen molar-refractivity contribution in [3.05, 3.63) is 25.4 Å². The first-order valence-electron chi connectivity index (χ1n) is 6.07. The van der Waals surface area contributed by atoms with E-state index < -0.39 is 0 Å². The second kappa shape index (κ2) is 8.08. The third-order valence-electron chi connectivity index (χ3n) is 2.69. The molecule has 0 spiro atoms. The zero-order valence-electron chi connectivity index (χ0n) is 10.1. The summed E-state index contributed by atoms with van der Waals surface area (Å²) in [6, 6.07) is 0. The normalized spacial score (nSPS) is 10.8. The van der Waals surface area contributed by atoms with Crippen LogP contribution in [-0.4, -0.2) is 9.55 Å². The van der Waals surface area contributed by atoms with Crippen molar-refractivity contribution in [3.63, 3.8) is 0 Å². The summed E-state index contributed by atoms with van der Waals surface area (Å²) in [7, 11) is 0. The van der Waals surface area contributed by atoms with Crippen LogP contribution >= 0.6 is 34.2 Å². The van der Waals surface area contributed by atoms with Crippen LogP contribution < -0.4 is 5.56 Å². The highest BCUT2D eigenvalue weighted by Crippen LogP contribution is 2.10. The van der Waals surface area contributed by atoms with Gasteiger partial charge in [0.1, 0.15) is 8.72 Å². The lowest BCUT2D eigenvalue weighted by atomic mass is 10.1. The molecule has 0 saturated heterocycles. The van der Waals surface area contributed by atoms with Gasteiger partial charge in [-0.2, -0.15) is 0 Å². The maximum atomic E-state index is 11.8. The van der Waals surface area contributed by atoms with E-state index >= 15 is 0 Å². The minimum Gasteiger partial charge on any atom is -0.298 e. The van der Waals surface area contributed by atoms with E-state index in [0.717, 1.165) is 13.0 Å². The monoisotopic (exact) mass is 368 g/mol. The van der Waals surface area contributed by atoms with Gasteiger partial charge in [0.15, 0.2) is 0 Å². The Morgan fingerprint density at radius 3 is 2.65 bits per heavy atom. The van der Waals surface area contributed by atoms with Crippen LogP contribution in [-0.2, 0) is 6.54 Å². The van der Waals surface area contributed by atoms with Crippen molar-refractivity contribution in [3.8, 4) is 0 Å². The van der Waals surface area contributed by atoms with Gasteiger partial charge in [-0.25, -0.2) is 4.98 Å². The fourth-order valence-corrected chi connectivity index (χ4v) is 2.24. The van der Waals surface area contributed by atoms with Crippen molar-refractivity contribution in [1.82, 2.24) is 9.55 Å². The molecule has 5 heteroatoms. The van der Waals surface area contributed by atoms with Gasteiger partial charge in [-0.3, -0.25) is 9.36 Å². The lowest BCUT2D eigenvalue weighted by Gasteiger charge is -2.06. The third kappa shape index (κ3) is 4.95. The molecule has 1 rings (SSSR count). The molecule has 17 heavy (non-hydrogen) atoms. The van der Waals surface area contributed by atoms with Crippen molar-refractivity contribution in [2.24, 2.45) is 0 Å². The average Bonchev–Trinajstić information content (AvgIpc) is 2.33. The van der Waals surface area contributed by atoms with Crippen LogP contribution in [0.25, 0.3) is 0 Å². The summed E-state index contributed by atoms with van der Waals surface area (Å²) < 4.78 is 2.16. The topological polar surface area (TPSA) is 34.9 Å². The van der Waals surface area contributed by atoms with Gasteiger partial charge >= 0.3 is 0 Å². The van der Waals surface area contributed by atoms with Gasteiger partial charge < -0.3 is 0 Å². The fourth-order valence-electron chi connectivity index (χ4n) is 1.67. The van der Waals surface area contributed by atoms with Crippen molar-refractivity contribution in [2.45, 2.75) is 52.0 Å². The first-order valence-corrected chi connectivity index (χ1v) is 7.53. The van der Waals surface area contributed by atoms with Crippen LogP contribution in [0.4, 0.5) is 0 Å². The molecule has 0 N–H and O–H groups in total. The van der Waals surface area contributed by atoms with E-state index in [1.54, 1.807) is 10.9 Å². The molecule has 0 aromatic carbocycles. The maximum absolute atomic E-state index is 11.8. The van der Waals surface area contributed by atoms with E-state index in [1.807, 2.05) is 22.6 Å². The van der Waals surface area contributed by atoms with Crippen LogP contribution in [0.5, 0.6) is 0 Å². The molecule has 96 valence electrons. The summed E-state index contributed by atoms with van der Waals surface area (Å²) in [6.45, 7) is 2.95. The van der Waals surface area contributed by atoms with Gasteiger partial charge in [-0.15, -0.1) is 0 Å². The molecule has 0 atom stereocenters. The molecule has 0 fully saturated rings. The first-order chi connectivity index (χ1) is 8.16. The van der Waals surface area contributed by atoms with Gasteiger partial charge in [0, 0.05) is 6.54 Å². The molecule has 1 heterocycles. The van der Waals surface area contributed by atoms with E-state index in [1.165, 1.54) is 32.1 Å². The molecular formula is C12H18ClIN2O. The number of aryl methyl sites for hydroxylation is 1. The first kappa shape index (κ1) is 15.0. The zero-order chi connectivity index (χ0) is 12.7. The second-order valence-electron chi connectivity index (χ2n) is 4.12. The number of aromatic nitrogens is 2. The Labute approximate surface area is 121 Å². The Balaban J connectivity index is 2.37. The van der Waals surface area contributed by atoms with Crippen LogP contribution in [0.15, 0.2) is 11.1 Å². The third-order valence-corrected chi connectivity index (χ3v) is 4.27. The fraction of sp³-hybridized carbons (Fsp3) is 0.667. The lowest BCUT2D eigenvalue weighted by Crippen LogP contribution is -2.23. The van der Waals surface area contributed by atoms with Crippen LogP contribution in [0, 0.1) is 3.57 Å². The second-order valence-corrected chi connectivity index (χ2v) is 5.55. The average molecular weight is 369 g/mol. The van der Waals surface area contributed by atoms with Crippen molar-refractivity contribution >= 4 is 34.2 Å². The molecule has 1 aromatic rings. The molecule has 0 saturated carbocycles. The minimum absolute atomic E-state index is 0.0286. The minimum atomic E-state index is -0.0286. The molecule has 0 aliphatic rings. The Hall–Kier alpha value is -0.100. The molecule has 0 amide bonds. The van der Waals surface area contributed by atoms with Crippen LogP contribution in [0.3, 0.4) is 0 Å². The Bertz CT molecular complexity index is 406. The molecule has 3 nitrogen and oxygen atoms in total. The Kier molecular flexibility index (Phi) is 7.11. The van der Waals surface area contributed by atoms with Gasteiger partial charge in [0.2, 0.25) is 0 Å². The molecule has 0 radical (unpaired) electrons. The van der Waals surface area contributed by atoms with E-state index in [0.29, 0.717) is 8.72 Å². The summed E-state index contributed by atoms with van der Waals surface area (Å²) in [5, 5.41) is 0.301. The number of halogens is 2. The van der Waals surface area contributed by atoms with Gasteiger partial charge in [0.25, 0.3) is 5.56 Å². The quantitative estimate of drug-likeness (QED) is 0.416. The maximum Gasteiger partial charge on any atom is 0.268 e. The number of hydrogen-bond donors (Lipinski definition) is 0. The summed E-state index contributed by atoms with van der Waals surface area (Å²) >= 11 is 7.72. The van der Waals surface area contributed by atoms with Crippen LogP contribution in [0.1, 0.15) is 45.4 Å². The standard InChI is InChI=1S/C12H18ClIN2O/c1-2-3-4-5-6-7-8-16-9-15-11(13)10(14)12(16)17/h9H,2-8H2,1H3. The van der Waals surface area contributed by atoms with E-state index in [-0.39, 0.29) is 5.56 Å².